The molecule has 5 aromatic rings. The van der Waals surface area contributed by atoms with Crippen LogP contribution in [0.1, 0.15) is 11.1 Å². The molecule has 0 aliphatic carbocycles. The molecule has 5 rings (SSSR count). The molecule has 0 saturated carbocycles. The number of rotatable bonds is 5. The lowest BCUT2D eigenvalue weighted by molar-refractivity contribution is 1.19. The lowest BCUT2D eigenvalue weighted by atomic mass is 9.88. The van der Waals surface area contributed by atoms with Gasteiger partial charge in [0.1, 0.15) is 0 Å². The van der Waals surface area contributed by atoms with Crippen LogP contribution in [0.3, 0.4) is 0 Å². The predicted octanol–water partition coefficient (Wildman–Crippen LogP) is 7.97. The Kier molecular flexibility index (Phi) is 5.14. The van der Waals surface area contributed by atoms with E-state index in [1.165, 1.54) is 44.2 Å². The number of fused-ring (bicyclic) bond motifs is 1. The van der Waals surface area contributed by atoms with Gasteiger partial charge in [-0.05, 0) is 57.0 Å². The van der Waals surface area contributed by atoms with E-state index in [4.69, 9.17) is 0 Å². The highest BCUT2D eigenvalue weighted by molar-refractivity contribution is 5.88. The Morgan fingerprint density at radius 3 is 1.93 bits per heavy atom. The summed E-state index contributed by atoms with van der Waals surface area (Å²) in [5.41, 5.74) is 7.70. The van der Waals surface area contributed by atoms with Crippen molar-refractivity contribution in [1.82, 2.24) is 0 Å². The summed E-state index contributed by atoms with van der Waals surface area (Å²) in [4.78, 5) is 0. The summed E-state index contributed by atoms with van der Waals surface area (Å²) in [6, 6.07) is 43.2. The van der Waals surface area contributed by atoms with Crippen LogP contribution in [0.25, 0.3) is 33.0 Å². The Hall–Kier alpha value is -3.64. The van der Waals surface area contributed by atoms with Gasteiger partial charge >= 0.3 is 0 Å². The fourth-order valence-corrected chi connectivity index (χ4v) is 4.22. The minimum atomic E-state index is 0.902. The van der Waals surface area contributed by atoms with Gasteiger partial charge in [0.05, 0.1) is 0 Å². The molecule has 0 N–H and O–H groups in total. The van der Waals surface area contributed by atoms with Crippen LogP contribution in [0, 0.1) is 6.42 Å². The number of hydrogen-bond donors (Lipinski definition) is 0. The molecule has 0 heteroatoms. The van der Waals surface area contributed by atoms with Crippen molar-refractivity contribution in [3.8, 4) is 22.3 Å². The fraction of sp³-hybridized carbons (Fsp3) is 0.0333. The summed E-state index contributed by atoms with van der Waals surface area (Å²) < 4.78 is 0. The molecule has 30 heavy (non-hydrogen) atoms. The van der Waals surface area contributed by atoms with E-state index in [0.29, 0.717) is 0 Å². The van der Waals surface area contributed by atoms with Gasteiger partial charge in [-0.1, -0.05) is 121 Å². The predicted molar refractivity (Wildman–Crippen MR) is 128 cm³/mol. The first-order valence-corrected chi connectivity index (χ1v) is 10.4. The molecule has 0 aliphatic rings. The second-order valence-electron chi connectivity index (χ2n) is 7.55. The van der Waals surface area contributed by atoms with E-state index < -0.39 is 0 Å². The maximum Gasteiger partial charge on any atom is -0.00426 e. The van der Waals surface area contributed by atoms with Crippen molar-refractivity contribution in [2.75, 3.05) is 0 Å². The lowest BCUT2D eigenvalue weighted by Crippen LogP contribution is -1.96. The van der Waals surface area contributed by atoms with Crippen molar-refractivity contribution in [2.45, 2.75) is 6.42 Å². The van der Waals surface area contributed by atoms with Crippen molar-refractivity contribution >= 4 is 10.8 Å². The van der Waals surface area contributed by atoms with Crippen LogP contribution in [-0.2, 0) is 6.42 Å². The highest BCUT2D eigenvalue weighted by Crippen LogP contribution is 2.36. The molecule has 0 saturated heterocycles. The first-order chi connectivity index (χ1) is 14.9. The number of benzene rings is 5. The van der Waals surface area contributed by atoms with Crippen molar-refractivity contribution in [3.63, 3.8) is 0 Å². The van der Waals surface area contributed by atoms with Crippen LogP contribution in [0.2, 0.25) is 0 Å². The smallest absolute Gasteiger partial charge is 0.00426 e. The van der Waals surface area contributed by atoms with E-state index >= 15 is 0 Å². The van der Waals surface area contributed by atoms with E-state index in [-0.39, 0.29) is 0 Å². The molecular formula is C30H23. The van der Waals surface area contributed by atoms with E-state index in [1.54, 1.807) is 0 Å². The Balaban J connectivity index is 1.58. The van der Waals surface area contributed by atoms with Gasteiger partial charge in [-0.2, -0.15) is 0 Å². The molecular weight excluding hydrogens is 360 g/mol. The summed E-state index contributed by atoms with van der Waals surface area (Å²) >= 11 is 0. The molecule has 0 bridgehead atoms. The molecule has 0 nitrogen and oxygen atoms in total. The van der Waals surface area contributed by atoms with Gasteiger partial charge in [-0.3, -0.25) is 0 Å². The van der Waals surface area contributed by atoms with E-state index in [2.05, 4.69) is 128 Å². The standard InChI is InChI=1S/C30H23/c1-3-11-24(12-4-1)29-20-10-18-27(30(29)26-14-5-2-6-15-26)22-21-25-17-9-16-23-13-7-8-19-28(23)25/h1-20,22H,21H2. The van der Waals surface area contributed by atoms with Crippen LogP contribution in [0.5, 0.6) is 0 Å². The summed E-state index contributed by atoms with van der Waals surface area (Å²) in [5, 5.41) is 2.63. The van der Waals surface area contributed by atoms with Crippen molar-refractivity contribution < 1.29 is 0 Å². The van der Waals surface area contributed by atoms with E-state index in [0.717, 1.165) is 6.42 Å². The van der Waals surface area contributed by atoms with Gasteiger partial charge in [0.15, 0.2) is 0 Å². The third-order valence-electron chi connectivity index (χ3n) is 5.67. The molecule has 1 radical (unpaired) electrons. The van der Waals surface area contributed by atoms with E-state index in [9.17, 15) is 0 Å². The Morgan fingerprint density at radius 2 is 1.13 bits per heavy atom. The third kappa shape index (κ3) is 3.65. The lowest BCUT2D eigenvalue weighted by Gasteiger charge is -2.16. The molecule has 143 valence electrons. The van der Waals surface area contributed by atoms with Crippen LogP contribution < -0.4 is 0 Å². The molecule has 0 heterocycles. The van der Waals surface area contributed by atoms with Gasteiger partial charge in [0.25, 0.3) is 0 Å². The van der Waals surface area contributed by atoms with Crippen molar-refractivity contribution in [1.29, 1.82) is 0 Å². The Labute approximate surface area is 178 Å². The number of hydrogen-bond acceptors (Lipinski definition) is 0. The average Bonchev–Trinajstić information content (AvgIpc) is 2.83. The minimum absolute atomic E-state index is 0.902. The SMILES string of the molecule is [CH](Cc1cccc2ccccc12)c1cccc(-c2ccccc2)c1-c1ccccc1. The summed E-state index contributed by atoms with van der Waals surface area (Å²) in [5.74, 6) is 0. The third-order valence-corrected chi connectivity index (χ3v) is 5.67. The van der Waals surface area contributed by atoms with Crippen LogP contribution in [0.4, 0.5) is 0 Å². The molecule has 0 fully saturated rings. The van der Waals surface area contributed by atoms with E-state index in [1.807, 2.05) is 0 Å². The summed E-state index contributed by atoms with van der Waals surface area (Å²) in [6.07, 6.45) is 3.27. The molecule has 0 atom stereocenters. The van der Waals surface area contributed by atoms with Gasteiger partial charge in [-0.25, -0.2) is 0 Å². The second-order valence-corrected chi connectivity index (χ2v) is 7.55. The molecule has 0 amide bonds. The van der Waals surface area contributed by atoms with Crippen LogP contribution in [0.15, 0.2) is 121 Å². The second kappa shape index (κ2) is 8.39. The minimum Gasteiger partial charge on any atom is -0.0622 e. The Bertz CT molecular complexity index is 1260. The largest absolute Gasteiger partial charge is 0.0622 e. The average molecular weight is 384 g/mol. The molecule has 0 spiro atoms. The zero-order valence-electron chi connectivity index (χ0n) is 16.8. The van der Waals surface area contributed by atoms with Gasteiger partial charge in [0.2, 0.25) is 0 Å². The maximum atomic E-state index is 2.37. The van der Waals surface area contributed by atoms with Crippen LogP contribution >= 0.6 is 0 Å². The fourth-order valence-electron chi connectivity index (χ4n) is 4.22. The first-order valence-electron chi connectivity index (χ1n) is 10.4. The van der Waals surface area contributed by atoms with Crippen molar-refractivity contribution in [3.05, 3.63) is 139 Å². The normalized spacial score (nSPS) is 10.9. The zero-order chi connectivity index (χ0) is 20.2. The van der Waals surface area contributed by atoms with Crippen molar-refractivity contribution in [2.24, 2.45) is 0 Å². The summed E-state index contributed by atoms with van der Waals surface area (Å²) in [7, 11) is 0. The maximum absolute atomic E-state index is 2.37. The quantitative estimate of drug-likeness (QED) is 0.289. The molecule has 5 aromatic carbocycles. The molecule has 0 aromatic heterocycles. The van der Waals surface area contributed by atoms with Gasteiger partial charge in [0, 0.05) is 0 Å². The van der Waals surface area contributed by atoms with Gasteiger partial charge in [-0.15, -0.1) is 0 Å². The van der Waals surface area contributed by atoms with Crippen LogP contribution in [-0.4, -0.2) is 0 Å². The topological polar surface area (TPSA) is 0 Å². The first kappa shape index (κ1) is 18.4. The monoisotopic (exact) mass is 383 g/mol. The molecule has 0 unspecified atom stereocenters. The van der Waals surface area contributed by atoms with Gasteiger partial charge < -0.3 is 0 Å². The highest BCUT2D eigenvalue weighted by Gasteiger charge is 2.13. The zero-order valence-corrected chi connectivity index (χ0v) is 16.8. The Morgan fingerprint density at radius 1 is 0.500 bits per heavy atom. The summed E-state index contributed by atoms with van der Waals surface area (Å²) in [6.45, 7) is 0. The molecule has 0 aliphatic heterocycles. The highest BCUT2D eigenvalue weighted by atomic mass is 14.2.